The van der Waals surface area contributed by atoms with E-state index in [4.69, 9.17) is 15.2 Å². The second-order valence-corrected chi connectivity index (χ2v) is 6.22. The van der Waals surface area contributed by atoms with Crippen LogP contribution in [0.25, 0.3) is 0 Å². The standard InChI is InChI=1S/C16H26N2O2/c1-15(2)11-16(12-17,9-10-20-15)18(3)13-5-7-14(19-4)8-6-13/h5-8H,9-12,17H2,1-4H3. The highest BCUT2D eigenvalue weighted by Crippen LogP contribution is 2.37. The van der Waals surface area contributed by atoms with Gasteiger partial charge in [0.05, 0.1) is 18.2 Å². The number of hydrogen-bond donors (Lipinski definition) is 1. The minimum Gasteiger partial charge on any atom is -0.497 e. The molecule has 1 atom stereocenters. The fraction of sp³-hybridized carbons (Fsp3) is 0.625. The van der Waals surface area contributed by atoms with Crippen molar-refractivity contribution in [3.05, 3.63) is 24.3 Å². The number of ether oxygens (including phenoxy) is 2. The van der Waals surface area contributed by atoms with Crippen molar-refractivity contribution in [3.63, 3.8) is 0 Å². The van der Waals surface area contributed by atoms with Crippen LogP contribution in [0.5, 0.6) is 5.75 Å². The van der Waals surface area contributed by atoms with E-state index in [9.17, 15) is 0 Å². The number of benzene rings is 1. The molecule has 1 heterocycles. The van der Waals surface area contributed by atoms with Crippen LogP contribution in [0.3, 0.4) is 0 Å². The fourth-order valence-electron chi connectivity index (χ4n) is 3.13. The van der Waals surface area contributed by atoms with Crippen LogP contribution in [0.2, 0.25) is 0 Å². The minimum atomic E-state index is -0.127. The van der Waals surface area contributed by atoms with Gasteiger partial charge in [-0.25, -0.2) is 0 Å². The Kier molecular flexibility index (Phi) is 4.25. The first-order valence-electron chi connectivity index (χ1n) is 7.14. The molecule has 112 valence electrons. The molecule has 0 amide bonds. The van der Waals surface area contributed by atoms with Crippen LogP contribution in [-0.4, -0.2) is 38.4 Å². The Bertz CT molecular complexity index is 444. The van der Waals surface area contributed by atoms with Gasteiger partial charge in [-0.1, -0.05) is 0 Å². The Labute approximate surface area is 121 Å². The average Bonchev–Trinajstić information content (AvgIpc) is 2.45. The molecule has 1 aromatic carbocycles. The van der Waals surface area contributed by atoms with Gasteiger partial charge in [-0.15, -0.1) is 0 Å². The van der Waals surface area contributed by atoms with Crippen molar-refractivity contribution in [2.75, 3.05) is 32.2 Å². The second kappa shape index (κ2) is 5.62. The molecular weight excluding hydrogens is 252 g/mol. The van der Waals surface area contributed by atoms with Gasteiger partial charge in [0.2, 0.25) is 0 Å². The number of methoxy groups -OCH3 is 1. The molecule has 4 heteroatoms. The molecule has 0 aromatic heterocycles. The molecular formula is C16H26N2O2. The van der Waals surface area contributed by atoms with E-state index in [2.05, 4.69) is 37.9 Å². The van der Waals surface area contributed by atoms with Crippen LogP contribution in [0.1, 0.15) is 26.7 Å². The SMILES string of the molecule is COc1ccc(N(C)C2(CN)CCOC(C)(C)C2)cc1. The first-order chi connectivity index (χ1) is 9.42. The van der Waals surface area contributed by atoms with Gasteiger partial charge in [-0.05, 0) is 44.5 Å². The van der Waals surface area contributed by atoms with Crippen LogP contribution < -0.4 is 15.4 Å². The number of nitrogens with two attached hydrogens (primary N) is 1. The quantitative estimate of drug-likeness (QED) is 0.919. The zero-order valence-corrected chi connectivity index (χ0v) is 13.0. The third kappa shape index (κ3) is 2.91. The average molecular weight is 278 g/mol. The van der Waals surface area contributed by atoms with Crippen LogP contribution in [0.15, 0.2) is 24.3 Å². The van der Waals surface area contributed by atoms with Crippen molar-refractivity contribution in [2.24, 2.45) is 5.73 Å². The highest BCUT2D eigenvalue weighted by molar-refractivity contribution is 5.51. The molecule has 0 bridgehead atoms. The molecule has 0 aliphatic carbocycles. The summed E-state index contributed by atoms with van der Waals surface area (Å²) in [4.78, 5) is 2.30. The third-order valence-corrected chi connectivity index (χ3v) is 4.37. The van der Waals surface area contributed by atoms with E-state index in [1.54, 1.807) is 7.11 Å². The van der Waals surface area contributed by atoms with Gasteiger partial charge < -0.3 is 20.1 Å². The number of rotatable bonds is 4. The number of hydrogen-bond acceptors (Lipinski definition) is 4. The Hall–Kier alpha value is -1.26. The topological polar surface area (TPSA) is 47.7 Å². The Morgan fingerprint density at radius 2 is 1.95 bits per heavy atom. The van der Waals surface area contributed by atoms with Gasteiger partial charge in [0.15, 0.2) is 0 Å². The van der Waals surface area contributed by atoms with Gasteiger partial charge in [-0.2, -0.15) is 0 Å². The van der Waals surface area contributed by atoms with Gasteiger partial charge in [-0.3, -0.25) is 0 Å². The Balaban J connectivity index is 2.25. The van der Waals surface area contributed by atoms with Crippen molar-refractivity contribution in [2.45, 2.75) is 37.8 Å². The lowest BCUT2D eigenvalue weighted by Crippen LogP contribution is -2.59. The summed E-state index contributed by atoms with van der Waals surface area (Å²) in [5.41, 5.74) is 7.12. The second-order valence-electron chi connectivity index (χ2n) is 6.22. The highest BCUT2D eigenvalue weighted by atomic mass is 16.5. The van der Waals surface area contributed by atoms with Gasteiger partial charge in [0.1, 0.15) is 5.75 Å². The number of nitrogens with zero attached hydrogens (tertiary/aromatic N) is 1. The van der Waals surface area contributed by atoms with Crippen LogP contribution in [0.4, 0.5) is 5.69 Å². The minimum absolute atomic E-state index is 0.0453. The normalized spacial score (nSPS) is 25.2. The maximum absolute atomic E-state index is 6.13. The van der Waals surface area contributed by atoms with E-state index in [-0.39, 0.29) is 11.1 Å². The molecule has 1 aliphatic rings. The molecule has 2 N–H and O–H groups in total. The van der Waals surface area contributed by atoms with Crippen LogP contribution in [0, 0.1) is 0 Å². The van der Waals surface area contributed by atoms with E-state index in [1.165, 1.54) is 0 Å². The summed E-state index contributed by atoms with van der Waals surface area (Å²) >= 11 is 0. The van der Waals surface area contributed by atoms with Crippen molar-refractivity contribution >= 4 is 5.69 Å². The summed E-state index contributed by atoms with van der Waals surface area (Å²) in [5.74, 6) is 0.872. The lowest BCUT2D eigenvalue weighted by atomic mass is 9.80. The molecule has 0 spiro atoms. The maximum Gasteiger partial charge on any atom is 0.119 e. The predicted octanol–water partition coefficient (Wildman–Crippen LogP) is 2.42. The summed E-state index contributed by atoms with van der Waals surface area (Å²) < 4.78 is 11.1. The zero-order chi connectivity index (χ0) is 14.8. The molecule has 1 saturated heterocycles. The first-order valence-corrected chi connectivity index (χ1v) is 7.14. The predicted molar refractivity (Wildman–Crippen MR) is 82.4 cm³/mol. The lowest BCUT2D eigenvalue weighted by Gasteiger charge is -2.50. The molecule has 0 radical (unpaired) electrons. The molecule has 4 nitrogen and oxygen atoms in total. The molecule has 1 aliphatic heterocycles. The van der Waals surface area contributed by atoms with Gasteiger partial charge >= 0.3 is 0 Å². The van der Waals surface area contributed by atoms with Crippen LogP contribution in [-0.2, 0) is 4.74 Å². The first kappa shape index (κ1) is 15.1. The smallest absolute Gasteiger partial charge is 0.119 e. The largest absolute Gasteiger partial charge is 0.497 e. The molecule has 1 fully saturated rings. The third-order valence-electron chi connectivity index (χ3n) is 4.37. The van der Waals surface area contributed by atoms with Crippen LogP contribution >= 0.6 is 0 Å². The molecule has 1 aromatic rings. The van der Waals surface area contributed by atoms with Crippen molar-refractivity contribution in [3.8, 4) is 5.75 Å². The van der Waals surface area contributed by atoms with E-state index >= 15 is 0 Å². The van der Waals surface area contributed by atoms with Crippen molar-refractivity contribution in [1.29, 1.82) is 0 Å². The molecule has 20 heavy (non-hydrogen) atoms. The Morgan fingerprint density at radius 3 is 2.45 bits per heavy atom. The summed E-state index contributed by atoms with van der Waals surface area (Å²) in [5, 5.41) is 0. The summed E-state index contributed by atoms with van der Waals surface area (Å²) in [6, 6.07) is 8.14. The summed E-state index contributed by atoms with van der Waals surface area (Å²) in [7, 11) is 3.80. The van der Waals surface area contributed by atoms with Gasteiger partial charge in [0.25, 0.3) is 0 Å². The van der Waals surface area contributed by atoms with E-state index in [0.717, 1.165) is 30.9 Å². The van der Waals surface area contributed by atoms with Crippen molar-refractivity contribution in [1.82, 2.24) is 0 Å². The van der Waals surface area contributed by atoms with E-state index in [0.29, 0.717) is 6.54 Å². The van der Waals surface area contributed by atoms with Crippen molar-refractivity contribution < 1.29 is 9.47 Å². The molecule has 2 rings (SSSR count). The van der Waals surface area contributed by atoms with Gasteiger partial charge in [0, 0.05) is 32.3 Å². The van der Waals surface area contributed by atoms with E-state index in [1.807, 2.05) is 12.1 Å². The zero-order valence-electron chi connectivity index (χ0n) is 13.0. The lowest BCUT2D eigenvalue weighted by molar-refractivity contribution is -0.0786. The summed E-state index contributed by atoms with van der Waals surface area (Å²) in [6.07, 6.45) is 1.88. The monoisotopic (exact) mass is 278 g/mol. The summed E-state index contributed by atoms with van der Waals surface area (Å²) in [6.45, 7) is 5.66. The van der Waals surface area contributed by atoms with E-state index < -0.39 is 0 Å². The molecule has 1 unspecified atom stereocenters. The molecule has 0 saturated carbocycles. The number of likely N-dealkylation sites (N-methyl/N-ethyl adjacent to an activating group) is 1. The fourth-order valence-corrected chi connectivity index (χ4v) is 3.13. The number of anilines is 1. The Morgan fingerprint density at radius 1 is 1.30 bits per heavy atom. The maximum atomic E-state index is 6.13. The highest BCUT2D eigenvalue weighted by Gasteiger charge is 2.42.